The van der Waals surface area contributed by atoms with Crippen LogP contribution in [0.3, 0.4) is 0 Å². The van der Waals surface area contributed by atoms with Gasteiger partial charge in [0, 0.05) is 29.7 Å². The predicted octanol–water partition coefficient (Wildman–Crippen LogP) is 3.89. The molecule has 0 aliphatic carbocycles. The molecule has 0 fully saturated rings. The molecular formula is C17H19BrFNO. The third-order valence-electron chi connectivity index (χ3n) is 3.34. The molecule has 0 heterocycles. The van der Waals surface area contributed by atoms with E-state index >= 15 is 0 Å². The molecule has 2 aromatic rings. The Hall–Kier alpha value is -1.23. The number of aryl methyl sites for hydroxylation is 1. The molecule has 2 nitrogen and oxygen atoms in total. The molecule has 112 valence electrons. The second-order valence-electron chi connectivity index (χ2n) is 5.16. The Morgan fingerprint density at radius 1 is 1.10 bits per heavy atom. The molecule has 0 aliphatic rings. The summed E-state index contributed by atoms with van der Waals surface area (Å²) in [6.45, 7) is 3.78. The van der Waals surface area contributed by atoms with Gasteiger partial charge in [-0.05, 0) is 30.7 Å². The first-order chi connectivity index (χ1) is 10.1. The van der Waals surface area contributed by atoms with E-state index in [4.69, 9.17) is 0 Å². The number of nitrogens with zero attached hydrogens (tertiary/aromatic N) is 1. The van der Waals surface area contributed by atoms with Crippen LogP contribution in [0.25, 0.3) is 0 Å². The third kappa shape index (κ3) is 4.92. The van der Waals surface area contributed by atoms with Crippen molar-refractivity contribution in [2.75, 3.05) is 13.2 Å². The molecule has 0 aromatic heterocycles. The number of halogens is 2. The number of benzene rings is 2. The van der Waals surface area contributed by atoms with Crippen LogP contribution in [0.1, 0.15) is 16.7 Å². The number of hydrogen-bond acceptors (Lipinski definition) is 2. The van der Waals surface area contributed by atoms with Crippen LogP contribution in [0.4, 0.5) is 4.39 Å². The van der Waals surface area contributed by atoms with E-state index in [1.54, 1.807) is 12.1 Å². The molecule has 0 saturated heterocycles. The fourth-order valence-electron chi connectivity index (χ4n) is 2.21. The quantitative estimate of drug-likeness (QED) is 0.853. The van der Waals surface area contributed by atoms with Crippen molar-refractivity contribution in [2.24, 2.45) is 0 Å². The van der Waals surface area contributed by atoms with Crippen molar-refractivity contribution in [1.29, 1.82) is 0 Å². The fraction of sp³-hybridized carbons (Fsp3) is 0.294. The van der Waals surface area contributed by atoms with Crippen LogP contribution in [0.5, 0.6) is 0 Å². The summed E-state index contributed by atoms with van der Waals surface area (Å²) in [7, 11) is 0. The second kappa shape index (κ2) is 7.69. The molecule has 1 N–H and O–H groups in total. The van der Waals surface area contributed by atoms with E-state index in [2.05, 4.69) is 40.2 Å². The molecule has 0 amide bonds. The van der Waals surface area contributed by atoms with Crippen molar-refractivity contribution < 1.29 is 9.50 Å². The van der Waals surface area contributed by atoms with E-state index < -0.39 is 0 Å². The highest BCUT2D eigenvalue weighted by Gasteiger charge is 2.10. The maximum Gasteiger partial charge on any atom is 0.127 e. The summed E-state index contributed by atoms with van der Waals surface area (Å²) < 4.78 is 14.7. The van der Waals surface area contributed by atoms with E-state index in [0.29, 0.717) is 25.2 Å². The molecule has 2 rings (SSSR count). The lowest BCUT2D eigenvalue weighted by Gasteiger charge is -2.22. The molecule has 0 bridgehead atoms. The summed E-state index contributed by atoms with van der Waals surface area (Å²) in [4.78, 5) is 2.04. The third-order valence-corrected chi connectivity index (χ3v) is 3.84. The predicted molar refractivity (Wildman–Crippen MR) is 86.5 cm³/mol. The Morgan fingerprint density at radius 2 is 1.81 bits per heavy atom. The van der Waals surface area contributed by atoms with Gasteiger partial charge >= 0.3 is 0 Å². The summed E-state index contributed by atoms with van der Waals surface area (Å²) in [6.07, 6.45) is 0. The summed E-state index contributed by atoms with van der Waals surface area (Å²) in [5.74, 6) is -0.218. The average Bonchev–Trinajstić information content (AvgIpc) is 2.45. The zero-order chi connectivity index (χ0) is 15.2. The zero-order valence-corrected chi connectivity index (χ0v) is 13.6. The van der Waals surface area contributed by atoms with Gasteiger partial charge in [-0.2, -0.15) is 0 Å². The Labute approximate surface area is 133 Å². The van der Waals surface area contributed by atoms with Crippen LogP contribution < -0.4 is 0 Å². The summed E-state index contributed by atoms with van der Waals surface area (Å²) in [5, 5.41) is 9.22. The normalized spacial score (nSPS) is 11.1. The van der Waals surface area contributed by atoms with Crippen LogP contribution in [-0.2, 0) is 13.1 Å². The Balaban J connectivity index is 2.11. The number of hydrogen-bond donors (Lipinski definition) is 1. The maximum absolute atomic E-state index is 13.9. The average molecular weight is 352 g/mol. The number of rotatable bonds is 6. The lowest BCUT2D eigenvalue weighted by atomic mass is 10.1. The number of aliphatic hydroxyl groups excluding tert-OH is 1. The number of aliphatic hydroxyl groups is 1. The van der Waals surface area contributed by atoms with Gasteiger partial charge in [0.15, 0.2) is 0 Å². The van der Waals surface area contributed by atoms with E-state index in [0.717, 1.165) is 10.0 Å². The standard InChI is InChI=1S/C17H19BrFNO/c1-13-2-4-14(5-3-13)11-20(8-9-21)12-15-10-16(18)6-7-17(15)19/h2-7,10,21H,8-9,11-12H2,1H3. The van der Waals surface area contributed by atoms with Crippen molar-refractivity contribution in [2.45, 2.75) is 20.0 Å². The summed E-state index contributed by atoms with van der Waals surface area (Å²) in [6, 6.07) is 13.2. The Kier molecular flexibility index (Phi) is 5.91. The minimum absolute atomic E-state index is 0.0570. The SMILES string of the molecule is Cc1ccc(CN(CCO)Cc2cc(Br)ccc2F)cc1. The van der Waals surface area contributed by atoms with Crippen molar-refractivity contribution in [3.05, 3.63) is 69.4 Å². The molecule has 0 atom stereocenters. The lowest BCUT2D eigenvalue weighted by Crippen LogP contribution is -2.26. The minimum Gasteiger partial charge on any atom is -0.395 e. The van der Waals surface area contributed by atoms with E-state index in [1.165, 1.54) is 11.6 Å². The molecule has 21 heavy (non-hydrogen) atoms. The largest absolute Gasteiger partial charge is 0.395 e. The second-order valence-corrected chi connectivity index (χ2v) is 6.07. The van der Waals surface area contributed by atoms with E-state index in [-0.39, 0.29) is 12.4 Å². The van der Waals surface area contributed by atoms with Gasteiger partial charge in [-0.1, -0.05) is 45.8 Å². The molecule has 4 heteroatoms. The molecule has 0 radical (unpaired) electrons. The van der Waals surface area contributed by atoms with Gasteiger partial charge in [0.05, 0.1) is 6.61 Å². The van der Waals surface area contributed by atoms with Crippen molar-refractivity contribution in [1.82, 2.24) is 4.90 Å². The van der Waals surface area contributed by atoms with Gasteiger partial charge in [0.1, 0.15) is 5.82 Å². The van der Waals surface area contributed by atoms with Gasteiger partial charge in [0.2, 0.25) is 0 Å². The minimum atomic E-state index is -0.218. The first-order valence-corrected chi connectivity index (χ1v) is 7.70. The van der Waals surface area contributed by atoms with Crippen LogP contribution in [0.15, 0.2) is 46.9 Å². The highest BCUT2D eigenvalue weighted by Crippen LogP contribution is 2.18. The first kappa shape index (κ1) is 16.1. The van der Waals surface area contributed by atoms with Gasteiger partial charge in [-0.3, -0.25) is 4.90 Å². The molecule has 0 spiro atoms. The van der Waals surface area contributed by atoms with Gasteiger partial charge < -0.3 is 5.11 Å². The van der Waals surface area contributed by atoms with Crippen molar-refractivity contribution in [3.8, 4) is 0 Å². The topological polar surface area (TPSA) is 23.5 Å². The summed E-state index contributed by atoms with van der Waals surface area (Å²) >= 11 is 3.37. The van der Waals surface area contributed by atoms with Crippen molar-refractivity contribution >= 4 is 15.9 Å². The highest BCUT2D eigenvalue weighted by molar-refractivity contribution is 9.10. The van der Waals surface area contributed by atoms with Crippen LogP contribution in [0.2, 0.25) is 0 Å². The van der Waals surface area contributed by atoms with E-state index in [9.17, 15) is 9.50 Å². The molecule has 0 unspecified atom stereocenters. The monoisotopic (exact) mass is 351 g/mol. The Bertz CT molecular complexity index is 586. The molecule has 2 aromatic carbocycles. The fourth-order valence-corrected chi connectivity index (χ4v) is 2.62. The van der Waals surface area contributed by atoms with Gasteiger partial charge in [0.25, 0.3) is 0 Å². The van der Waals surface area contributed by atoms with Crippen LogP contribution >= 0.6 is 15.9 Å². The zero-order valence-electron chi connectivity index (χ0n) is 12.0. The lowest BCUT2D eigenvalue weighted by molar-refractivity contribution is 0.183. The summed E-state index contributed by atoms with van der Waals surface area (Å²) in [5.41, 5.74) is 3.00. The molecule has 0 aliphatic heterocycles. The highest BCUT2D eigenvalue weighted by atomic mass is 79.9. The molecular weight excluding hydrogens is 333 g/mol. The van der Waals surface area contributed by atoms with Crippen LogP contribution in [0, 0.1) is 12.7 Å². The smallest absolute Gasteiger partial charge is 0.127 e. The van der Waals surface area contributed by atoms with E-state index in [1.807, 2.05) is 11.8 Å². The Morgan fingerprint density at radius 3 is 2.48 bits per heavy atom. The molecule has 0 saturated carbocycles. The first-order valence-electron chi connectivity index (χ1n) is 6.91. The van der Waals surface area contributed by atoms with Gasteiger partial charge in [-0.15, -0.1) is 0 Å². The maximum atomic E-state index is 13.9. The van der Waals surface area contributed by atoms with Crippen molar-refractivity contribution in [3.63, 3.8) is 0 Å². The van der Waals surface area contributed by atoms with Gasteiger partial charge in [-0.25, -0.2) is 4.39 Å². The van der Waals surface area contributed by atoms with Crippen LogP contribution in [-0.4, -0.2) is 23.2 Å².